The standard InChI is InChI=1S/C16H21FN2O/c1-4-5-15-14(11(2)6-7-18-15)8-13-9-19(10-13)16(20)12(3)17/h6-7,13H,3-5,8-10H2,1-2H3. The van der Waals surface area contributed by atoms with Gasteiger partial charge in [0, 0.05) is 25.0 Å². The highest BCUT2D eigenvalue weighted by atomic mass is 19.1. The fourth-order valence-corrected chi connectivity index (χ4v) is 2.70. The maximum Gasteiger partial charge on any atom is 0.281 e. The average molecular weight is 276 g/mol. The van der Waals surface area contributed by atoms with Gasteiger partial charge < -0.3 is 4.90 Å². The number of likely N-dealkylation sites (tertiary alicyclic amines) is 1. The Morgan fingerprint density at radius 3 is 2.85 bits per heavy atom. The van der Waals surface area contributed by atoms with E-state index < -0.39 is 11.7 Å². The molecule has 0 N–H and O–H groups in total. The molecule has 3 nitrogen and oxygen atoms in total. The molecule has 20 heavy (non-hydrogen) atoms. The zero-order valence-corrected chi connectivity index (χ0v) is 12.2. The van der Waals surface area contributed by atoms with Crippen molar-refractivity contribution in [2.45, 2.75) is 33.1 Å². The molecule has 1 aromatic heterocycles. The number of hydrogen-bond acceptors (Lipinski definition) is 2. The number of halogens is 1. The van der Waals surface area contributed by atoms with Crippen LogP contribution in [0, 0.1) is 12.8 Å². The molecule has 0 unspecified atom stereocenters. The van der Waals surface area contributed by atoms with Gasteiger partial charge in [0.15, 0.2) is 5.83 Å². The van der Waals surface area contributed by atoms with Crippen LogP contribution in [0.3, 0.4) is 0 Å². The summed E-state index contributed by atoms with van der Waals surface area (Å²) in [5.74, 6) is -1.04. The molecule has 2 heterocycles. The number of aryl methyl sites for hydroxylation is 2. The minimum absolute atomic E-state index is 0.400. The summed E-state index contributed by atoms with van der Waals surface area (Å²) in [7, 11) is 0. The van der Waals surface area contributed by atoms with E-state index in [0.717, 1.165) is 25.0 Å². The van der Waals surface area contributed by atoms with Gasteiger partial charge in [-0.3, -0.25) is 9.78 Å². The van der Waals surface area contributed by atoms with E-state index in [1.807, 2.05) is 12.3 Å². The molecule has 2 rings (SSSR count). The van der Waals surface area contributed by atoms with Crippen LogP contribution in [0.25, 0.3) is 0 Å². The number of hydrogen-bond donors (Lipinski definition) is 0. The molecule has 0 bridgehead atoms. The molecule has 1 amide bonds. The zero-order valence-electron chi connectivity index (χ0n) is 12.2. The SMILES string of the molecule is C=C(F)C(=O)N1CC(Cc2c(C)ccnc2CCC)C1. The van der Waals surface area contributed by atoms with E-state index in [1.54, 1.807) is 0 Å². The summed E-state index contributed by atoms with van der Waals surface area (Å²) in [6, 6.07) is 2.03. The van der Waals surface area contributed by atoms with Crippen molar-refractivity contribution < 1.29 is 9.18 Å². The molecular formula is C16H21FN2O. The van der Waals surface area contributed by atoms with Gasteiger partial charge >= 0.3 is 0 Å². The van der Waals surface area contributed by atoms with Crippen molar-refractivity contribution >= 4 is 5.91 Å². The summed E-state index contributed by atoms with van der Waals surface area (Å²) in [6.07, 6.45) is 4.82. The number of pyridine rings is 1. The Morgan fingerprint density at radius 1 is 1.55 bits per heavy atom. The van der Waals surface area contributed by atoms with Crippen molar-refractivity contribution in [1.82, 2.24) is 9.88 Å². The predicted molar refractivity (Wildman–Crippen MR) is 77.0 cm³/mol. The van der Waals surface area contributed by atoms with Crippen molar-refractivity contribution in [2.75, 3.05) is 13.1 Å². The highest BCUT2D eigenvalue weighted by molar-refractivity contribution is 5.91. The first-order valence-electron chi connectivity index (χ1n) is 7.10. The normalized spacial score (nSPS) is 15.1. The van der Waals surface area contributed by atoms with Crippen LogP contribution in [0.1, 0.15) is 30.2 Å². The van der Waals surface area contributed by atoms with Gasteiger partial charge in [-0.1, -0.05) is 19.9 Å². The Bertz CT molecular complexity index is 521. The highest BCUT2D eigenvalue weighted by Gasteiger charge is 2.32. The first kappa shape index (κ1) is 14.7. The summed E-state index contributed by atoms with van der Waals surface area (Å²) >= 11 is 0. The van der Waals surface area contributed by atoms with Gasteiger partial charge in [0.2, 0.25) is 0 Å². The molecule has 0 radical (unpaired) electrons. The van der Waals surface area contributed by atoms with Crippen molar-refractivity contribution in [3.8, 4) is 0 Å². The minimum atomic E-state index is -0.868. The molecule has 1 saturated heterocycles. The minimum Gasteiger partial charge on any atom is -0.336 e. The lowest BCUT2D eigenvalue weighted by atomic mass is 9.88. The fraction of sp³-hybridized carbons (Fsp3) is 0.500. The Balaban J connectivity index is 1.99. The highest BCUT2D eigenvalue weighted by Crippen LogP contribution is 2.25. The molecule has 0 spiro atoms. The van der Waals surface area contributed by atoms with Gasteiger partial charge in [-0.05, 0) is 42.9 Å². The van der Waals surface area contributed by atoms with E-state index in [9.17, 15) is 9.18 Å². The molecule has 1 aromatic rings. The Morgan fingerprint density at radius 2 is 2.25 bits per heavy atom. The van der Waals surface area contributed by atoms with E-state index in [-0.39, 0.29) is 0 Å². The van der Waals surface area contributed by atoms with E-state index >= 15 is 0 Å². The monoisotopic (exact) mass is 276 g/mol. The first-order chi connectivity index (χ1) is 9.52. The summed E-state index contributed by atoms with van der Waals surface area (Å²) in [4.78, 5) is 17.4. The molecule has 4 heteroatoms. The Kier molecular flexibility index (Phi) is 4.53. The van der Waals surface area contributed by atoms with Gasteiger partial charge in [-0.25, -0.2) is 4.39 Å². The summed E-state index contributed by atoms with van der Waals surface area (Å²) in [5.41, 5.74) is 3.71. The predicted octanol–water partition coefficient (Wildman–Crippen LogP) is 2.83. The van der Waals surface area contributed by atoms with Crippen molar-refractivity contribution in [2.24, 2.45) is 5.92 Å². The van der Waals surface area contributed by atoms with Gasteiger partial charge in [0.05, 0.1) is 0 Å². The van der Waals surface area contributed by atoms with E-state index in [4.69, 9.17) is 0 Å². The van der Waals surface area contributed by atoms with Gasteiger partial charge in [0.25, 0.3) is 5.91 Å². The summed E-state index contributed by atoms with van der Waals surface area (Å²) in [5, 5.41) is 0. The van der Waals surface area contributed by atoms with Gasteiger partial charge in [-0.15, -0.1) is 0 Å². The van der Waals surface area contributed by atoms with Crippen molar-refractivity contribution in [3.05, 3.63) is 41.5 Å². The molecular weight excluding hydrogens is 255 g/mol. The molecule has 0 aliphatic carbocycles. The molecule has 0 atom stereocenters. The second kappa shape index (κ2) is 6.16. The lowest BCUT2D eigenvalue weighted by Gasteiger charge is -2.39. The van der Waals surface area contributed by atoms with Gasteiger partial charge in [-0.2, -0.15) is 0 Å². The van der Waals surface area contributed by atoms with Crippen molar-refractivity contribution in [1.29, 1.82) is 0 Å². The maximum absolute atomic E-state index is 12.8. The summed E-state index contributed by atoms with van der Waals surface area (Å²) in [6.45, 7) is 8.52. The lowest BCUT2D eigenvalue weighted by Crippen LogP contribution is -2.51. The first-order valence-corrected chi connectivity index (χ1v) is 7.10. The lowest BCUT2D eigenvalue weighted by molar-refractivity contribution is -0.134. The molecule has 0 saturated carbocycles. The molecule has 1 aliphatic heterocycles. The van der Waals surface area contributed by atoms with Crippen LogP contribution in [-0.4, -0.2) is 28.9 Å². The van der Waals surface area contributed by atoms with Crippen LogP contribution in [0.15, 0.2) is 24.7 Å². The van der Waals surface area contributed by atoms with Crippen LogP contribution >= 0.6 is 0 Å². The maximum atomic E-state index is 12.8. The molecule has 1 aliphatic rings. The Hall–Kier alpha value is -1.71. The summed E-state index contributed by atoms with van der Waals surface area (Å²) < 4.78 is 12.8. The fourth-order valence-electron chi connectivity index (χ4n) is 2.70. The van der Waals surface area contributed by atoms with Crippen LogP contribution in [0.4, 0.5) is 4.39 Å². The van der Waals surface area contributed by atoms with E-state index in [2.05, 4.69) is 25.4 Å². The number of nitrogens with zero attached hydrogens (tertiary/aromatic N) is 2. The smallest absolute Gasteiger partial charge is 0.281 e. The number of aromatic nitrogens is 1. The van der Waals surface area contributed by atoms with E-state index in [1.165, 1.54) is 16.0 Å². The zero-order chi connectivity index (χ0) is 14.7. The average Bonchev–Trinajstić information content (AvgIpc) is 2.35. The van der Waals surface area contributed by atoms with Crippen LogP contribution < -0.4 is 0 Å². The van der Waals surface area contributed by atoms with E-state index in [0.29, 0.717) is 19.0 Å². The largest absolute Gasteiger partial charge is 0.336 e. The molecule has 0 aromatic carbocycles. The number of carbonyl (C=O) groups is 1. The van der Waals surface area contributed by atoms with Crippen LogP contribution in [0.5, 0.6) is 0 Å². The quantitative estimate of drug-likeness (QED) is 0.775. The Labute approximate surface area is 119 Å². The topological polar surface area (TPSA) is 33.2 Å². The molecule has 108 valence electrons. The third-order valence-corrected chi connectivity index (χ3v) is 3.84. The number of amides is 1. The van der Waals surface area contributed by atoms with Crippen LogP contribution in [0.2, 0.25) is 0 Å². The van der Waals surface area contributed by atoms with Crippen molar-refractivity contribution in [3.63, 3.8) is 0 Å². The number of rotatable bonds is 5. The third kappa shape index (κ3) is 3.06. The third-order valence-electron chi connectivity index (χ3n) is 3.84. The van der Waals surface area contributed by atoms with Crippen LogP contribution in [-0.2, 0) is 17.6 Å². The second-order valence-corrected chi connectivity index (χ2v) is 5.49. The number of carbonyl (C=O) groups excluding carboxylic acids is 1. The van der Waals surface area contributed by atoms with Gasteiger partial charge in [0.1, 0.15) is 0 Å². The molecule has 1 fully saturated rings. The second-order valence-electron chi connectivity index (χ2n) is 5.49.